The van der Waals surface area contributed by atoms with Gasteiger partial charge in [-0.25, -0.2) is 0 Å². The maximum atomic E-state index is 9.14. The van der Waals surface area contributed by atoms with Crippen LogP contribution >= 0.6 is 24.0 Å². The Morgan fingerprint density at radius 3 is 2.75 bits per heavy atom. The molecule has 1 rings (SSSR count). The molecule has 0 aliphatic carbocycles. The minimum Gasteiger partial charge on any atom is -0.391 e. The molecular formula is C8H11Cl2NO. The fourth-order valence-electron chi connectivity index (χ4n) is 0.815. The molecule has 0 saturated heterocycles. The molecule has 1 N–H and O–H groups in total. The van der Waals surface area contributed by atoms with Crippen LogP contribution in [0.25, 0.3) is 0 Å². The third-order valence-corrected chi connectivity index (χ3v) is 1.71. The minimum absolute atomic E-state index is 0. The summed E-state index contributed by atoms with van der Waals surface area (Å²) in [5.41, 5.74) is 0.876. The third kappa shape index (κ3) is 3.90. The molecular weight excluding hydrogens is 197 g/mol. The van der Waals surface area contributed by atoms with Gasteiger partial charge < -0.3 is 5.11 Å². The summed E-state index contributed by atoms with van der Waals surface area (Å²) in [7, 11) is 0. The maximum absolute atomic E-state index is 9.14. The quantitative estimate of drug-likeness (QED) is 0.766. The van der Waals surface area contributed by atoms with E-state index in [1.807, 2.05) is 18.2 Å². The normalized spacial score (nSPS) is 11.8. The van der Waals surface area contributed by atoms with Crippen molar-refractivity contribution in [1.29, 1.82) is 0 Å². The van der Waals surface area contributed by atoms with Gasteiger partial charge in [-0.15, -0.1) is 24.0 Å². The lowest BCUT2D eigenvalue weighted by Crippen LogP contribution is -2.12. The van der Waals surface area contributed by atoms with Crippen LogP contribution in [0.15, 0.2) is 24.4 Å². The maximum Gasteiger partial charge on any atom is 0.0730 e. The Balaban J connectivity index is 0.00000121. The highest BCUT2D eigenvalue weighted by Gasteiger charge is 2.02. The molecule has 1 aromatic rings. The van der Waals surface area contributed by atoms with E-state index in [1.165, 1.54) is 0 Å². The Kier molecular flexibility index (Phi) is 6.07. The lowest BCUT2D eigenvalue weighted by atomic mass is 10.2. The standard InChI is InChI=1S/C8H10ClNO.ClH/c9-6-8(11)5-7-3-1-2-4-10-7;/h1-4,8,11H,5-6H2;1H. The lowest BCUT2D eigenvalue weighted by Gasteiger charge is -2.04. The van der Waals surface area contributed by atoms with Crippen molar-refractivity contribution in [3.63, 3.8) is 0 Å². The first-order valence-electron chi connectivity index (χ1n) is 3.47. The lowest BCUT2D eigenvalue weighted by molar-refractivity contribution is 0.197. The first kappa shape index (κ1) is 11.7. The molecule has 1 heterocycles. The average molecular weight is 208 g/mol. The fourth-order valence-corrected chi connectivity index (χ4v) is 0.924. The van der Waals surface area contributed by atoms with Gasteiger partial charge in [0.15, 0.2) is 0 Å². The molecule has 0 radical (unpaired) electrons. The van der Waals surface area contributed by atoms with E-state index in [0.29, 0.717) is 6.42 Å². The van der Waals surface area contributed by atoms with E-state index in [2.05, 4.69) is 4.98 Å². The van der Waals surface area contributed by atoms with Crippen LogP contribution in [0.1, 0.15) is 5.69 Å². The number of hydrogen-bond acceptors (Lipinski definition) is 2. The summed E-state index contributed by atoms with van der Waals surface area (Å²) in [5, 5.41) is 9.14. The molecule has 0 spiro atoms. The molecule has 1 aromatic heterocycles. The van der Waals surface area contributed by atoms with Crippen molar-refractivity contribution in [2.24, 2.45) is 0 Å². The van der Waals surface area contributed by atoms with Crippen molar-refractivity contribution >= 4 is 24.0 Å². The van der Waals surface area contributed by atoms with Gasteiger partial charge in [0.05, 0.1) is 6.10 Å². The zero-order chi connectivity index (χ0) is 8.10. The fraction of sp³-hybridized carbons (Fsp3) is 0.375. The molecule has 0 bridgehead atoms. The summed E-state index contributed by atoms with van der Waals surface area (Å²) in [6.07, 6.45) is 1.76. The predicted molar refractivity (Wildman–Crippen MR) is 51.9 cm³/mol. The second-order valence-corrected chi connectivity index (χ2v) is 2.64. The number of aliphatic hydroxyl groups excluding tert-OH is 1. The Morgan fingerprint density at radius 1 is 1.50 bits per heavy atom. The molecule has 12 heavy (non-hydrogen) atoms. The molecule has 1 atom stereocenters. The predicted octanol–water partition coefficient (Wildman–Crippen LogP) is 1.65. The molecule has 1 unspecified atom stereocenters. The number of rotatable bonds is 3. The highest BCUT2D eigenvalue weighted by molar-refractivity contribution is 6.18. The molecule has 4 heteroatoms. The van der Waals surface area contributed by atoms with Gasteiger partial charge in [-0.05, 0) is 12.1 Å². The first-order chi connectivity index (χ1) is 5.33. The molecule has 0 aromatic carbocycles. The van der Waals surface area contributed by atoms with Crippen LogP contribution in [-0.2, 0) is 6.42 Å². The molecule has 0 aliphatic rings. The Hall–Kier alpha value is -0.310. The largest absolute Gasteiger partial charge is 0.391 e. The Morgan fingerprint density at radius 2 is 2.25 bits per heavy atom. The molecule has 0 aliphatic heterocycles. The third-order valence-electron chi connectivity index (χ3n) is 1.35. The monoisotopic (exact) mass is 207 g/mol. The molecule has 68 valence electrons. The van der Waals surface area contributed by atoms with E-state index in [0.717, 1.165) is 5.69 Å². The topological polar surface area (TPSA) is 33.1 Å². The number of nitrogens with zero attached hydrogens (tertiary/aromatic N) is 1. The van der Waals surface area contributed by atoms with Gasteiger partial charge >= 0.3 is 0 Å². The van der Waals surface area contributed by atoms with E-state index in [1.54, 1.807) is 6.20 Å². The van der Waals surface area contributed by atoms with Crippen molar-refractivity contribution < 1.29 is 5.11 Å². The van der Waals surface area contributed by atoms with Crippen LogP contribution in [-0.4, -0.2) is 22.1 Å². The van der Waals surface area contributed by atoms with Gasteiger partial charge in [-0.3, -0.25) is 4.98 Å². The second kappa shape index (κ2) is 6.23. The van der Waals surface area contributed by atoms with Crippen LogP contribution < -0.4 is 0 Å². The van der Waals surface area contributed by atoms with E-state index in [4.69, 9.17) is 16.7 Å². The van der Waals surface area contributed by atoms with Gasteiger partial charge in [0.25, 0.3) is 0 Å². The number of aromatic nitrogens is 1. The Labute approximate surface area is 83.0 Å². The summed E-state index contributed by atoms with van der Waals surface area (Å²) in [4.78, 5) is 4.05. The van der Waals surface area contributed by atoms with Crippen molar-refractivity contribution in [2.75, 3.05) is 5.88 Å². The molecule has 2 nitrogen and oxygen atoms in total. The van der Waals surface area contributed by atoms with E-state index >= 15 is 0 Å². The van der Waals surface area contributed by atoms with Crippen molar-refractivity contribution in [1.82, 2.24) is 4.98 Å². The Bertz CT molecular complexity index is 205. The highest BCUT2D eigenvalue weighted by Crippen LogP contribution is 1.99. The van der Waals surface area contributed by atoms with Gasteiger partial charge in [0.2, 0.25) is 0 Å². The van der Waals surface area contributed by atoms with E-state index in [9.17, 15) is 0 Å². The van der Waals surface area contributed by atoms with Crippen LogP contribution in [0, 0.1) is 0 Å². The van der Waals surface area contributed by atoms with Crippen molar-refractivity contribution in [3.8, 4) is 0 Å². The zero-order valence-electron chi connectivity index (χ0n) is 6.48. The zero-order valence-corrected chi connectivity index (χ0v) is 8.05. The second-order valence-electron chi connectivity index (χ2n) is 2.33. The summed E-state index contributed by atoms with van der Waals surface area (Å²) in [5.74, 6) is 0.260. The first-order valence-corrected chi connectivity index (χ1v) is 4.00. The number of halogens is 2. The number of hydrogen-bond donors (Lipinski definition) is 1. The van der Waals surface area contributed by atoms with Crippen molar-refractivity contribution in [2.45, 2.75) is 12.5 Å². The molecule has 0 fully saturated rings. The summed E-state index contributed by atoms with van der Waals surface area (Å²) in [6, 6.07) is 5.61. The van der Waals surface area contributed by atoms with Gasteiger partial charge in [0, 0.05) is 24.2 Å². The number of alkyl halides is 1. The number of aliphatic hydroxyl groups is 1. The van der Waals surface area contributed by atoms with Crippen LogP contribution in [0.4, 0.5) is 0 Å². The van der Waals surface area contributed by atoms with Crippen LogP contribution in [0.5, 0.6) is 0 Å². The van der Waals surface area contributed by atoms with E-state index in [-0.39, 0.29) is 18.3 Å². The summed E-state index contributed by atoms with van der Waals surface area (Å²) < 4.78 is 0. The molecule has 0 saturated carbocycles. The average Bonchev–Trinajstić information content (AvgIpc) is 2.06. The smallest absolute Gasteiger partial charge is 0.0730 e. The number of pyridine rings is 1. The van der Waals surface area contributed by atoms with Crippen LogP contribution in [0.3, 0.4) is 0 Å². The summed E-state index contributed by atoms with van der Waals surface area (Å²) in [6.45, 7) is 0. The van der Waals surface area contributed by atoms with Gasteiger partial charge in [-0.1, -0.05) is 6.07 Å². The van der Waals surface area contributed by atoms with Crippen LogP contribution in [0.2, 0.25) is 0 Å². The van der Waals surface area contributed by atoms with Gasteiger partial charge in [-0.2, -0.15) is 0 Å². The SMILES string of the molecule is Cl.OC(CCl)Cc1ccccn1. The van der Waals surface area contributed by atoms with Crippen molar-refractivity contribution in [3.05, 3.63) is 30.1 Å². The molecule has 0 amide bonds. The van der Waals surface area contributed by atoms with E-state index < -0.39 is 6.10 Å². The minimum atomic E-state index is -0.480. The van der Waals surface area contributed by atoms with Gasteiger partial charge in [0.1, 0.15) is 0 Å². The highest BCUT2D eigenvalue weighted by atomic mass is 35.5. The summed E-state index contributed by atoms with van der Waals surface area (Å²) >= 11 is 5.42.